The van der Waals surface area contributed by atoms with Crippen LogP contribution in [0.4, 0.5) is 5.95 Å². The van der Waals surface area contributed by atoms with Crippen LogP contribution in [-0.2, 0) is 0 Å². The summed E-state index contributed by atoms with van der Waals surface area (Å²) < 4.78 is 2.58. The summed E-state index contributed by atoms with van der Waals surface area (Å²) in [4.78, 5) is 8.77. The maximum atomic E-state index is 4.44. The van der Waals surface area contributed by atoms with Gasteiger partial charge in [-0.05, 0) is 22.9 Å². The van der Waals surface area contributed by atoms with Crippen molar-refractivity contribution in [3.63, 3.8) is 0 Å². The third-order valence-corrected chi connectivity index (χ3v) is 2.80. The number of nitrogens with one attached hydrogen (secondary N) is 2. The Morgan fingerprint density at radius 1 is 1.39 bits per heavy atom. The summed E-state index contributed by atoms with van der Waals surface area (Å²) in [6.07, 6.45) is 5.24. The first-order valence-corrected chi connectivity index (χ1v) is 6.22. The van der Waals surface area contributed by atoms with Gasteiger partial charge in [0.25, 0.3) is 0 Å². The maximum Gasteiger partial charge on any atom is 0.226 e. The van der Waals surface area contributed by atoms with Crippen LogP contribution in [0.15, 0.2) is 23.1 Å². The molecule has 0 saturated carbocycles. The molecule has 0 aliphatic carbocycles. The number of nitrogens with zero attached hydrogens (tertiary/aromatic N) is 5. The van der Waals surface area contributed by atoms with E-state index in [-0.39, 0.29) is 0 Å². The van der Waals surface area contributed by atoms with E-state index < -0.39 is 0 Å². The average Bonchev–Trinajstić information content (AvgIpc) is 2.97. The Labute approximate surface area is 111 Å². The normalized spacial score (nSPS) is 11.0. The van der Waals surface area contributed by atoms with Crippen molar-refractivity contribution in [3.8, 4) is 5.82 Å². The molecule has 0 spiro atoms. The molecule has 0 bridgehead atoms. The van der Waals surface area contributed by atoms with Crippen molar-refractivity contribution in [2.75, 3.05) is 11.9 Å². The molecule has 92 valence electrons. The number of fused-ring (bicyclic) bond motifs is 1. The number of hydrogen-bond acceptors (Lipinski definition) is 5. The van der Waals surface area contributed by atoms with E-state index in [9.17, 15) is 0 Å². The van der Waals surface area contributed by atoms with Gasteiger partial charge in [0, 0.05) is 12.7 Å². The van der Waals surface area contributed by atoms with Crippen molar-refractivity contribution in [2.24, 2.45) is 0 Å². The standard InChI is InChI=1S/C10H10BrN7/c1-2-12-10-15-8-7(4-13-17-8)9(16-10)18-5-6(11)3-14-18/h3-5H,2H2,1H3,(H2,12,13,15,16,17). The number of aromatic nitrogens is 6. The minimum Gasteiger partial charge on any atom is -0.354 e. The van der Waals surface area contributed by atoms with Crippen LogP contribution in [0.1, 0.15) is 6.92 Å². The van der Waals surface area contributed by atoms with E-state index in [2.05, 4.69) is 46.5 Å². The zero-order valence-electron chi connectivity index (χ0n) is 9.55. The molecule has 3 rings (SSSR count). The van der Waals surface area contributed by atoms with Crippen molar-refractivity contribution in [2.45, 2.75) is 6.92 Å². The second-order valence-corrected chi connectivity index (χ2v) is 4.55. The average molecular weight is 308 g/mol. The van der Waals surface area contributed by atoms with Crippen LogP contribution in [0.3, 0.4) is 0 Å². The van der Waals surface area contributed by atoms with Crippen molar-refractivity contribution in [1.29, 1.82) is 0 Å². The van der Waals surface area contributed by atoms with Gasteiger partial charge in [-0.2, -0.15) is 20.2 Å². The molecule has 0 aliphatic heterocycles. The highest BCUT2D eigenvalue weighted by atomic mass is 79.9. The summed E-state index contributed by atoms with van der Waals surface area (Å²) in [6, 6.07) is 0. The van der Waals surface area contributed by atoms with Gasteiger partial charge >= 0.3 is 0 Å². The lowest BCUT2D eigenvalue weighted by molar-refractivity contribution is 0.850. The summed E-state index contributed by atoms with van der Waals surface area (Å²) in [5, 5.41) is 15.0. The van der Waals surface area contributed by atoms with Crippen LogP contribution >= 0.6 is 15.9 Å². The van der Waals surface area contributed by atoms with Crippen LogP contribution < -0.4 is 5.32 Å². The van der Waals surface area contributed by atoms with Gasteiger partial charge in [0.1, 0.15) is 0 Å². The van der Waals surface area contributed by atoms with Crippen LogP contribution in [-0.4, -0.2) is 36.5 Å². The predicted molar refractivity (Wildman–Crippen MR) is 70.7 cm³/mol. The number of anilines is 1. The van der Waals surface area contributed by atoms with E-state index in [0.29, 0.717) is 17.4 Å². The molecule has 0 unspecified atom stereocenters. The lowest BCUT2D eigenvalue weighted by atomic mass is 10.4. The first-order valence-electron chi connectivity index (χ1n) is 5.43. The van der Waals surface area contributed by atoms with Crippen LogP contribution in [0.2, 0.25) is 0 Å². The quantitative estimate of drug-likeness (QED) is 0.770. The lowest BCUT2D eigenvalue weighted by Crippen LogP contribution is -2.06. The van der Waals surface area contributed by atoms with Gasteiger partial charge in [-0.3, -0.25) is 5.10 Å². The molecule has 0 atom stereocenters. The molecule has 3 heterocycles. The highest BCUT2D eigenvalue weighted by Crippen LogP contribution is 2.20. The lowest BCUT2D eigenvalue weighted by Gasteiger charge is -2.05. The Bertz CT molecular complexity index is 686. The fraction of sp³-hybridized carbons (Fsp3) is 0.200. The highest BCUT2D eigenvalue weighted by Gasteiger charge is 2.11. The van der Waals surface area contributed by atoms with E-state index >= 15 is 0 Å². The summed E-state index contributed by atoms with van der Waals surface area (Å²) in [5.74, 6) is 1.24. The summed E-state index contributed by atoms with van der Waals surface area (Å²) in [6.45, 7) is 2.74. The van der Waals surface area contributed by atoms with E-state index in [4.69, 9.17) is 0 Å². The van der Waals surface area contributed by atoms with Crippen LogP contribution in [0.25, 0.3) is 16.9 Å². The van der Waals surface area contributed by atoms with Crippen molar-refractivity contribution < 1.29 is 0 Å². The second-order valence-electron chi connectivity index (χ2n) is 3.64. The van der Waals surface area contributed by atoms with Crippen LogP contribution in [0, 0.1) is 0 Å². The second kappa shape index (κ2) is 4.37. The summed E-state index contributed by atoms with van der Waals surface area (Å²) >= 11 is 3.37. The topological polar surface area (TPSA) is 84.3 Å². The largest absolute Gasteiger partial charge is 0.354 e. The Kier molecular flexibility index (Phi) is 2.71. The molecule has 0 fully saturated rings. The third-order valence-electron chi connectivity index (χ3n) is 2.39. The van der Waals surface area contributed by atoms with Crippen molar-refractivity contribution in [3.05, 3.63) is 23.1 Å². The van der Waals surface area contributed by atoms with E-state index in [0.717, 1.165) is 16.4 Å². The minimum atomic E-state index is 0.552. The summed E-state index contributed by atoms with van der Waals surface area (Å²) in [7, 11) is 0. The van der Waals surface area contributed by atoms with Crippen LogP contribution in [0.5, 0.6) is 0 Å². The van der Waals surface area contributed by atoms with E-state index in [1.807, 2.05) is 13.1 Å². The van der Waals surface area contributed by atoms with Gasteiger partial charge in [0.2, 0.25) is 5.95 Å². The molecule has 18 heavy (non-hydrogen) atoms. The fourth-order valence-electron chi connectivity index (χ4n) is 1.65. The van der Waals surface area contributed by atoms with Gasteiger partial charge in [-0.15, -0.1) is 0 Å². The first-order chi connectivity index (χ1) is 8.78. The number of aromatic amines is 1. The molecule has 3 aromatic rings. The number of rotatable bonds is 3. The SMILES string of the molecule is CCNc1nc(-n2cc(Br)cn2)c2cn[nH]c2n1. The molecular weight excluding hydrogens is 298 g/mol. The number of H-pyrrole nitrogens is 1. The molecule has 0 amide bonds. The Morgan fingerprint density at radius 2 is 2.28 bits per heavy atom. The molecule has 0 saturated heterocycles. The van der Waals surface area contributed by atoms with Crippen molar-refractivity contribution in [1.82, 2.24) is 29.9 Å². The Morgan fingerprint density at radius 3 is 3.00 bits per heavy atom. The Hall–Kier alpha value is -1.96. The maximum absolute atomic E-state index is 4.44. The molecule has 0 aliphatic rings. The van der Waals surface area contributed by atoms with E-state index in [1.165, 1.54) is 0 Å². The molecule has 2 N–H and O–H groups in total. The van der Waals surface area contributed by atoms with Gasteiger partial charge in [-0.25, -0.2) is 4.68 Å². The molecule has 7 nitrogen and oxygen atoms in total. The fourth-order valence-corrected chi connectivity index (χ4v) is 1.93. The number of halogens is 1. The first kappa shape index (κ1) is 11.1. The molecule has 8 heteroatoms. The zero-order chi connectivity index (χ0) is 12.5. The monoisotopic (exact) mass is 307 g/mol. The molecule has 3 aromatic heterocycles. The Balaban J connectivity index is 2.22. The zero-order valence-corrected chi connectivity index (χ0v) is 11.1. The van der Waals surface area contributed by atoms with Gasteiger partial charge in [0.05, 0.1) is 22.3 Å². The van der Waals surface area contributed by atoms with E-state index in [1.54, 1.807) is 17.1 Å². The molecular formula is C10H10BrN7. The molecule has 0 radical (unpaired) electrons. The smallest absolute Gasteiger partial charge is 0.226 e. The molecule has 0 aromatic carbocycles. The van der Waals surface area contributed by atoms with Gasteiger partial charge < -0.3 is 5.32 Å². The minimum absolute atomic E-state index is 0.552. The van der Waals surface area contributed by atoms with Crippen molar-refractivity contribution >= 4 is 32.9 Å². The third kappa shape index (κ3) is 1.84. The number of hydrogen-bond donors (Lipinski definition) is 2. The van der Waals surface area contributed by atoms with Gasteiger partial charge in [0.15, 0.2) is 11.5 Å². The predicted octanol–water partition coefficient (Wildman–Crippen LogP) is 1.73. The van der Waals surface area contributed by atoms with Gasteiger partial charge in [-0.1, -0.05) is 0 Å². The summed E-state index contributed by atoms with van der Waals surface area (Å²) in [5.41, 5.74) is 0.683. The highest BCUT2D eigenvalue weighted by molar-refractivity contribution is 9.10.